The second-order valence-corrected chi connectivity index (χ2v) is 2.88. The molecular formula is C9H13N3O. The molecule has 0 aliphatic heterocycles. The zero-order valence-electron chi connectivity index (χ0n) is 7.79. The van der Waals surface area contributed by atoms with E-state index in [1.165, 1.54) is 6.07 Å². The standard InChI is InChI=1S/C9H13N3O/c1-4-6(2)10-8-5-9(13)12-7(3)11-8/h4-6H,1H2,2-3H3,(H2,10,11,12,13). The fourth-order valence-electron chi connectivity index (χ4n) is 0.946. The van der Waals surface area contributed by atoms with Gasteiger partial charge in [-0.05, 0) is 13.8 Å². The van der Waals surface area contributed by atoms with Crippen LogP contribution in [0.1, 0.15) is 12.7 Å². The third-order valence-electron chi connectivity index (χ3n) is 1.59. The molecule has 1 atom stereocenters. The Morgan fingerprint density at radius 3 is 3.00 bits per heavy atom. The van der Waals surface area contributed by atoms with Crippen molar-refractivity contribution in [2.75, 3.05) is 5.32 Å². The van der Waals surface area contributed by atoms with E-state index in [-0.39, 0.29) is 11.6 Å². The molecule has 1 aromatic rings. The SMILES string of the molecule is C=CC(C)Nc1cc(=O)[nH]c(C)n1. The van der Waals surface area contributed by atoms with Crippen molar-refractivity contribution in [3.8, 4) is 0 Å². The maximum absolute atomic E-state index is 11.0. The number of hydrogen-bond donors (Lipinski definition) is 2. The number of hydrogen-bond acceptors (Lipinski definition) is 3. The third-order valence-corrected chi connectivity index (χ3v) is 1.59. The first-order valence-electron chi connectivity index (χ1n) is 4.09. The summed E-state index contributed by atoms with van der Waals surface area (Å²) in [5.41, 5.74) is -0.147. The van der Waals surface area contributed by atoms with Crippen LogP contribution >= 0.6 is 0 Å². The Labute approximate surface area is 76.7 Å². The van der Waals surface area contributed by atoms with Crippen molar-refractivity contribution in [1.82, 2.24) is 9.97 Å². The maximum atomic E-state index is 11.0. The third kappa shape index (κ3) is 2.74. The number of anilines is 1. The van der Waals surface area contributed by atoms with Gasteiger partial charge in [0.1, 0.15) is 11.6 Å². The van der Waals surface area contributed by atoms with E-state index in [1.54, 1.807) is 13.0 Å². The summed E-state index contributed by atoms with van der Waals surface area (Å²) in [6, 6.07) is 1.53. The van der Waals surface area contributed by atoms with Crippen LogP contribution in [0.5, 0.6) is 0 Å². The fourth-order valence-corrected chi connectivity index (χ4v) is 0.946. The molecule has 4 heteroatoms. The van der Waals surface area contributed by atoms with Gasteiger partial charge in [-0.2, -0.15) is 0 Å². The van der Waals surface area contributed by atoms with Gasteiger partial charge in [0.2, 0.25) is 0 Å². The average Bonchev–Trinajstić information content (AvgIpc) is 2.02. The second-order valence-electron chi connectivity index (χ2n) is 2.88. The lowest BCUT2D eigenvalue weighted by atomic mass is 10.3. The Hall–Kier alpha value is -1.58. The van der Waals surface area contributed by atoms with Gasteiger partial charge in [-0.1, -0.05) is 6.08 Å². The zero-order chi connectivity index (χ0) is 9.84. The van der Waals surface area contributed by atoms with Crippen LogP contribution < -0.4 is 10.9 Å². The normalized spacial score (nSPS) is 12.2. The van der Waals surface area contributed by atoms with Crippen LogP contribution in [0.2, 0.25) is 0 Å². The van der Waals surface area contributed by atoms with E-state index in [1.807, 2.05) is 6.92 Å². The van der Waals surface area contributed by atoms with Gasteiger partial charge < -0.3 is 10.3 Å². The predicted octanol–water partition coefficient (Wildman–Crippen LogP) is 1.06. The van der Waals surface area contributed by atoms with Crippen LogP contribution in [0, 0.1) is 6.92 Å². The van der Waals surface area contributed by atoms with Gasteiger partial charge in [-0.3, -0.25) is 4.79 Å². The van der Waals surface area contributed by atoms with E-state index < -0.39 is 0 Å². The highest BCUT2D eigenvalue weighted by molar-refractivity contribution is 5.35. The molecule has 0 bridgehead atoms. The Morgan fingerprint density at radius 1 is 1.77 bits per heavy atom. The fraction of sp³-hybridized carbons (Fsp3) is 0.333. The lowest BCUT2D eigenvalue weighted by molar-refractivity contribution is 0.949. The van der Waals surface area contributed by atoms with Crippen molar-refractivity contribution in [2.24, 2.45) is 0 Å². The molecule has 2 N–H and O–H groups in total. The molecule has 0 aliphatic rings. The Morgan fingerprint density at radius 2 is 2.46 bits per heavy atom. The molecule has 4 nitrogen and oxygen atoms in total. The first-order valence-corrected chi connectivity index (χ1v) is 4.09. The molecule has 1 unspecified atom stereocenters. The van der Waals surface area contributed by atoms with Crippen LogP contribution in [-0.4, -0.2) is 16.0 Å². The van der Waals surface area contributed by atoms with Crippen molar-refractivity contribution in [1.29, 1.82) is 0 Å². The number of nitrogens with zero attached hydrogens (tertiary/aromatic N) is 1. The molecule has 0 aliphatic carbocycles. The van der Waals surface area contributed by atoms with Gasteiger partial charge in [0.05, 0.1) is 0 Å². The smallest absolute Gasteiger partial charge is 0.252 e. The van der Waals surface area contributed by atoms with E-state index in [0.29, 0.717) is 11.6 Å². The number of aryl methyl sites for hydroxylation is 1. The molecule has 0 fully saturated rings. The summed E-state index contributed by atoms with van der Waals surface area (Å²) < 4.78 is 0. The second kappa shape index (κ2) is 3.89. The van der Waals surface area contributed by atoms with Crippen LogP contribution in [0.3, 0.4) is 0 Å². The number of H-pyrrole nitrogens is 1. The molecule has 70 valence electrons. The molecule has 0 amide bonds. The van der Waals surface area contributed by atoms with Crippen molar-refractivity contribution >= 4 is 5.82 Å². The van der Waals surface area contributed by atoms with Crippen LogP contribution in [0.25, 0.3) is 0 Å². The highest BCUT2D eigenvalue weighted by Crippen LogP contribution is 2.00. The predicted molar refractivity (Wildman–Crippen MR) is 52.9 cm³/mol. The van der Waals surface area contributed by atoms with E-state index in [9.17, 15) is 4.79 Å². The van der Waals surface area contributed by atoms with Crippen LogP contribution in [-0.2, 0) is 0 Å². The van der Waals surface area contributed by atoms with E-state index in [0.717, 1.165) is 0 Å². The molecule has 13 heavy (non-hydrogen) atoms. The summed E-state index contributed by atoms with van der Waals surface area (Å²) in [6.07, 6.45) is 1.75. The van der Waals surface area contributed by atoms with E-state index >= 15 is 0 Å². The highest BCUT2D eigenvalue weighted by Gasteiger charge is 1.99. The van der Waals surface area contributed by atoms with Crippen LogP contribution in [0.4, 0.5) is 5.82 Å². The number of nitrogens with one attached hydrogen (secondary N) is 2. The topological polar surface area (TPSA) is 57.8 Å². The van der Waals surface area contributed by atoms with Gasteiger partial charge in [0.15, 0.2) is 0 Å². The van der Waals surface area contributed by atoms with Gasteiger partial charge in [0, 0.05) is 12.1 Å². The lowest BCUT2D eigenvalue weighted by Crippen LogP contribution is -2.17. The van der Waals surface area contributed by atoms with Gasteiger partial charge in [-0.15, -0.1) is 6.58 Å². The summed E-state index contributed by atoms with van der Waals surface area (Å²) in [5.74, 6) is 1.18. The largest absolute Gasteiger partial charge is 0.364 e. The molecule has 1 rings (SSSR count). The van der Waals surface area contributed by atoms with Crippen molar-refractivity contribution in [2.45, 2.75) is 19.9 Å². The van der Waals surface area contributed by atoms with E-state index in [2.05, 4.69) is 21.9 Å². The Kier molecular flexibility index (Phi) is 2.84. The number of aromatic amines is 1. The summed E-state index contributed by atoms with van der Waals surface area (Å²) in [7, 11) is 0. The highest BCUT2D eigenvalue weighted by atomic mass is 16.1. The molecule has 0 radical (unpaired) electrons. The molecule has 0 spiro atoms. The minimum Gasteiger partial charge on any atom is -0.364 e. The lowest BCUT2D eigenvalue weighted by Gasteiger charge is -2.09. The average molecular weight is 179 g/mol. The maximum Gasteiger partial charge on any atom is 0.252 e. The molecule has 0 aromatic carbocycles. The van der Waals surface area contributed by atoms with Gasteiger partial charge in [0.25, 0.3) is 5.56 Å². The summed E-state index contributed by atoms with van der Waals surface area (Å²) in [5, 5.41) is 3.02. The molecule has 0 saturated carbocycles. The number of rotatable bonds is 3. The van der Waals surface area contributed by atoms with Crippen molar-refractivity contribution < 1.29 is 0 Å². The first kappa shape index (κ1) is 9.51. The zero-order valence-corrected chi connectivity index (χ0v) is 7.79. The van der Waals surface area contributed by atoms with E-state index in [4.69, 9.17) is 0 Å². The quantitative estimate of drug-likeness (QED) is 0.682. The summed E-state index contributed by atoms with van der Waals surface area (Å²) >= 11 is 0. The van der Waals surface area contributed by atoms with Gasteiger partial charge >= 0.3 is 0 Å². The minimum atomic E-state index is -0.147. The monoisotopic (exact) mass is 179 g/mol. The molecule has 1 heterocycles. The molecular weight excluding hydrogens is 166 g/mol. The summed E-state index contributed by atoms with van der Waals surface area (Å²) in [4.78, 5) is 17.7. The van der Waals surface area contributed by atoms with Crippen molar-refractivity contribution in [3.63, 3.8) is 0 Å². The Bertz CT molecular complexity index is 356. The van der Waals surface area contributed by atoms with Crippen LogP contribution in [0.15, 0.2) is 23.5 Å². The number of aromatic nitrogens is 2. The minimum absolute atomic E-state index is 0.105. The van der Waals surface area contributed by atoms with Gasteiger partial charge in [-0.25, -0.2) is 4.98 Å². The Balaban J connectivity index is 2.89. The summed E-state index contributed by atoms with van der Waals surface area (Å²) in [6.45, 7) is 7.30. The van der Waals surface area contributed by atoms with Crippen molar-refractivity contribution in [3.05, 3.63) is 34.9 Å². The molecule has 0 saturated heterocycles. The first-order chi connectivity index (χ1) is 6.11. The molecule has 1 aromatic heterocycles.